The van der Waals surface area contributed by atoms with Crippen LogP contribution in [0.25, 0.3) is 11.5 Å². The first kappa shape index (κ1) is 21.3. The van der Waals surface area contributed by atoms with Crippen molar-refractivity contribution in [3.05, 3.63) is 36.2 Å². The van der Waals surface area contributed by atoms with Gasteiger partial charge in [0.1, 0.15) is 6.26 Å². The molecule has 1 saturated heterocycles. The normalized spacial score (nSPS) is 20.1. The van der Waals surface area contributed by atoms with Gasteiger partial charge >= 0.3 is 6.03 Å². The monoisotopic (exact) mass is 420 g/mol. The summed E-state index contributed by atoms with van der Waals surface area (Å²) in [5.74, 6) is 0.558. The van der Waals surface area contributed by atoms with Crippen molar-refractivity contribution in [1.29, 1.82) is 0 Å². The van der Waals surface area contributed by atoms with Crippen LogP contribution < -0.4 is 10.0 Å². The number of piperidine rings is 1. The van der Waals surface area contributed by atoms with Gasteiger partial charge in [0.05, 0.1) is 11.4 Å². The lowest BCUT2D eigenvalue weighted by Gasteiger charge is -2.37. The number of sulfonamides is 1. The van der Waals surface area contributed by atoms with E-state index in [4.69, 9.17) is 4.42 Å². The molecule has 2 heterocycles. The van der Waals surface area contributed by atoms with Crippen LogP contribution in [-0.4, -0.2) is 48.7 Å². The quantitative estimate of drug-likeness (QED) is 0.773. The third kappa shape index (κ3) is 4.97. The number of aromatic nitrogens is 1. The van der Waals surface area contributed by atoms with Crippen LogP contribution in [0.3, 0.4) is 0 Å². The Morgan fingerprint density at radius 2 is 2.10 bits per heavy atom. The maximum absolute atomic E-state index is 12.7. The molecule has 158 valence electrons. The minimum absolute atomic E-state index is 0.0246. The minimum atomic E-state index is -3.33. The Bertz CT molecular complexity index is 957. The largest absolute Gasteiger partial charge is 0.445 e. The molecular weight excluding hydrogens is 392 g/mol. The Labute approximate surface area is 171 Å². The highest BCUT2D eigenvalue weighted by Gasteiger charge is 2.32. The molecule has 2 N–H and O–H groups in total. The molecule has 3 rings (SSSR count). The van der Waals surface area contributed by atoms with Gasteiger partial charge in [-0.05, 0) is 56.9 Å². The summed E-state index contributed by atoms with van der Waals surface area (Å²) >= 11 is 0. The Morgan fingerprint density at radius 1 is 1.34 bits per heavy atom. The van der Waals surface area contributed by atoms with Gasteiger partial charge in [0.2, 0.25) is 15.9 Å². The summed E-state index contributed by atoms with van der Waals surface area (Å²) in [7, 11) is -3.33. The molecule has 1 aliphatic heterocycles. The summed E-state index contributed by atoms with van der Waals surface area (Å²) in [5, 5.41) is 2.48. The van der Waals surface area contributed by atoms with Gasteiger partial charge in [0.25, 0.3) is 0 Å². The number of amides is 2. The molecule has 2 amide bonds. The number of carbonyl (C=O) groups is 1. The Hall–Kier alpha value is -2.39. The number of carbonyl (C=O) groups excluding carboxylic acids is 1. The average Bonchev–Trinajstić information content (AvgIpc) is 3.19. The predicted molar refractivity (Wildman–Crippen MR) is 112 cm³/mol. The number of hydrogen-bond acceptors (Lipinski definition) is 5. The standard InChI is InChI=1S/C20H28N4O4S/c1-13(2)29(26,27)23-18-7-9-24(12-15(18)4)20(25)22-17-6-5-16(11-14(17)3)19-21-8-10-28-19/h5-6,8,10-11,13,15,18,23H,7,9,12H2,1-4H3,(H,22,25). The number of benzene rings is 1. The van der Waals surface area contributed by atoms with Crippen LogP contribution in [0.1, 0.15) is 32.8 Å². The van der Waals surface area contributed by atoms with Crippen molar-refractivity contribution < 1.29 is 17.6 Å². The fourth-order valence-corrected chi connectivity index (χ4v) is 4.39. The lowest BCUT2D eigenvalue weighted by atomic mass is 9.95. The predicted octanol–water partition coefficient (Wildman–Crippen LogP) is 3.22. The maximum atomic E-state index is 12.7. The summed E-state index contributed by atoms with van der Waals surface area (Å²) in [4.78, 5) is 18.6. The number of nitrogens with one attached hydrogen (secondary N) is 2. The van der Waals surface area contributed by atoms with Crippen LogP contribution in [0, 0.1) is 12.8 Å². The second-order valence-corrected chi connectivity index (χ2v) is 10.1. The van der Waals surface area contributed by atoms with Crippen molar-refractivity contribution in [3.8, 4) is 11.5 Å². The van der Waals surface area contributed by atoms with E-state index in [0.29, 0.717) is 25.4 Å². The van der Waals surface area contributed by atoms with Crippen molar-refractivity contribution in [2.75, 3.05) is 18.4 Å². The molecule has 0 radical (unpaired) electrons. The zero-order valence-electron chi connectivity index (χ0n) is 17.2. The number of oxazole rings is 1. The molecule has 1 aromatic carbocycles. The molecule has 0 saturated carbocycles. The van der Waals surface area contributed by atoms with E-state index in [1.807, 2.05) is 32.0 Å². The fourth-order valence-electron chi connectivity index (χ4n) is 3.35. The molecule has 9 heteroatoms. The number of likely N-dealkylation sites (tertiary alicyclic amines) is 1. The first-order chi connectivity index (χ1) is 13.7. The first-order valence-corrected chi connectivity index (χ1v) is 11.3. The van der Waals surface area contributed by atoms with Crippen LogP contribution in [0.15, 0.2) is 35.1 Å². The summed E-state index contributed by atoms with van der Waals surface area (Å²) in [5.41, 5.74) is 2.47. The Balaban J connectivity index is 1.61. The SMILES string of the molecule is Cc1cc(-c2ncco2)ccc1NC(=O)N1CCC(NS(=O)(=O)C(C)C)C(C)C1. The number of aryl methyl sites for hydroxylation is 1. The van der Waals surface area contributed by atoms with Crippen LogP contribution in [0.2, 0.25) is 0 Å². The van der Waals surface area contributed by atoms with Crippen LogP contribution >= 0.6 is 0 Å². The maximum Gasteiger partial charge on any atom is 0.321 e. The Morgan fingerprint density at radius 3 is 2.69 bits per heavy atom. The fraction of sp³-hybridized carbons (Fsp3) is 0.500. The lowest BCUT2D eigenvalue weighted by molar-refractivity contribution is 0.167. The van der Waals surface area contributed by atoms with Crippen LogP contribution in [0.4, 0.5) is 10.5 Å². The van der Waals surface area contributed by atoms with Crippen molar-refractivity contribution >= 4 is 21.7 Å². The van der Waals surface area contributed by atoms with E-state index in [2.05, 4.69) is 15.0 Å². The van der Waals surface area contributed by atoms with Gasteiger partial charge in [0, 0.05) is 30.4 Å². The summed E-state index contributed by atoms with van der Waals surface area (Å²) in [6.45, 7) is 8.18. The number of nitrogens with zero attached hydrogens (tertiary/aromatic N) is 2. The third-order valence-electron chi connectivity index (χ3n) is 5.28. The first-order valence-electron chi connectivity index (χ1n) is 9.75. The number of hydrogen-bond donors (Lipinski definition) is 2. The zero-order chi connectivity index (χ0) is 21.2. The minimum Gasteiger partial charge on any atom is -0.445 e. The van der Waals surface area contributed by atoms with E-state index in [1.165, 1.54) is 6.26 Å². The molecule has 0 bridgehead atoms. The molecule has 2 unspecified atom stereocenters. The van der Waals surface area contributed by atoms with Crippen molar-refractivity contribution in [2.24, 2.45) is 5.92 Å². The van der Waals surface area contributed by atoms with Gasteiger partial charge in [-0.15, -0.1) is 0 Å². The van der Waals surface area contributed by atoms with Gasteiger partial charge in [-0.2, -0.15) is 0 Å². The molecule has 1 aromatic heterocycles. The number of anilines is 1. The van der Waals surface area contributed by atoms with Gasteiger partial charge in [-0.1, -0.05) is 6.92 Å². The molecule has 2 aromatic rings. The molecule has 0 spiro atoms. The average molecular weight is 421 g/mol. The molecule has 1 fully saturated rings. The summed E-state index contributed by atoms with van der Waals surface area (Å²) < 4.78 is 32.4. The molecule has 29 heavy (non-hydrogen) atoms. The van der Waals surface area contributed by atoms with Gasteiger partial charge in [-0.3, -0.25) is 0 Å². The second kappa shape index (κ2) is 8.54. The number of urea groups is 1. The van der Waals surface area contributed by atoms with E-state index < -0.39 is 15.3 Å². The third-order valence-corrected chi connectivity index (χ3v) is 7.15. The number of rotatable bonds is 5. The van der Waals surface area contributed by atoms with Crippen LogP contribution in [-0.2, 0) is 10.0 Å². The van der Waals surface area contributed by atoms with Crippen LogP contribution in [0.5, 0.6) is 0 Å². The lowest BCUT2D eigenvalue weighted by Crippen LogP contribution is -2.53. The van der Waals surface area contributed by atoms with Crippen molar-refractivity contribution in [2.45, 2.75) is 45.4 Å². The van der Waals surface area contributed by atoms with Gasteiger partial charge < -0.3 is 14.6 Å². The van der Waals surface area contributed by atoms with E-state index in [0.717, 1.165) is 16.8 Å². The molecule has 2 atom stereocenters. The van der Waals surface area contributed by atoms with Crippen molar-refractivity contribution in [3.63, 3.8) is 0 Å². The zero-order valence-corrected chi connectivity index (χ0v) is 18.0. The van der Waals surface area contributed by atoms with E-state index >= 15 is 0 Å². The highest BCUT2D eigenvalue weighted by atomic mass is 32.2. The Kier molecular flexibility index (Phi) is 6.28. The van der Waals surface area contributed by atoms with Crippen molar-refractivity contribution in [1.82, 2.24) is 14.6 Å². The van der Waals surface area contributed by atoms with Gasteiger partial charge in [-0.25, -0.2) is 22.9 Å². The smallest absolute Gasteiger partial charge is 0.321 e. The summed E-state index contributed by atoms with van der Waals surface area (Å²) in [6.07, 6.45) is 3.70. The molecule has 8 nitrogen and oxygen atoms in total. The highest BCUT2D eigenvalue weighted by Crippen LogP contribution is 2.25. The van der Waals surface area contributed by atoms with E-state index in [-0.39, 0.29) is 18.0 Å². The molecular formula is C20H28N4O4S. The second-order valence-electron chi connectivity index (χ2n) is 7.83. The summed E-state index contributed by atoms with van der Waals surface area (Å²) in [6, 6.07) is 5.25. The van der Waals surface area contributed by atoms with E-state index in [9.17, 15) is 13.2 Å². The van der Waals surface area contributed by atoms with Gasteiger partial charge in [0.15, 0.2) is 0 Å². The highest BCUT2D eigenvalue weighted by molar-refractivity contribution is 7.90. The topological polar surface area (TPSA) is 105 Å². The van der Waals surface area contributed by atoms with E-state index in [1.54, 1.807) is 24.9 Å². The molecule has 1 aliphatic rings. The molecule has 0 aliphatic carbocycles.